The van der Waals surface area contributed by atoms with Crippen LogP contribution in [0.3, 0.4) is 0 Å². The second-order valence-corrected chi connectivity index (χ2v) is 9.37. The summed E-state index contributed by atoms with van der Waals surface area (Å²) in [6.45, 7) is 0. The van der Waals surface area contributed by atoms with Crippen LogP contribution in [-0.2, 0) is 0 Å². The molecule has 3 heteroatoms. The van der Waals surface area contributed by atoms with Crippen LogP contribution in [0.1, 0.15) is 0 Å². The average Bonchev–Trinajstić information content (AvgIpc) is 3.42. The van der Waals surface area contributed by atoms with E-state index in [4.69, 9.17) is 0 Å². The Morgan fingerprint density at radius 1 is 0.515 bits per heavy atom. The van der Waals surface area contributed by atoms with Gasteiger partial charge in [0.25, 0.3) is 0 Å². The standard InChI is InChI=1S/C30H20N2S/c1-4-13-27-22(8-1)23-9-2-5-14-28(23)32(27)21-18-16-20(17-19-21)31-26-12-7-11-25-24-10-3-6-15-29(24)33-30(25)26/h1-19,31H. The van der Waals surface area contributed by atoms with Crippen molar-refractivity contribution in [2.75, 3.05) is 5.32 Å². The summed E-state index contributed by atoms with van der Waals surface area (Å²) in [7, 11) is 0. The molecular weight excluding hydrogens is 420 g/mol. The van der Waals surface area contributed by atoms with Gasteiger partial charge in [0.2, 0.25) is 0 Å². The van der Waals surface area contributed by atoms with Gasteiger partial charge in [0.05, 0.1) is 21.4 Å². The molecule has 0 aliphatic heterocycles. The molecule has 0 aliphatic carbocycles. The molecule has 0 fully saturated rings. The van der Waals surface area contributed by atoms with Gasteiger partial charge in [-0.2, -0.15) is 0 Å². The molecule has 2 nitrogen and oxygen atoms in total. The summed E-state index contributed by atoms with van der Waals surface area (Å²) in [5.74, 6) is 0. The van der Waals surface area contributed by atoms with Crippen molar-refractivity contribution in [3.63, 3.8) is 0 Å². The third kappa shape index (κ3) is 2.86. The molecule has 0 aliphatic rings. The molecule has 0 radical (unpaired) electrons. The number of nitrogens with zero attached hydrogens (tertiary/aromatic N) is 1. The minimum atomic E-state index is 1.09. The van der Waals surface area contributed by atoms with Crippen molar-refractivity contribution < 1.29 is 0 Å². The first-order valence-electron chi connectivity index (χ1n) is 11.1. The van der Waals surface area contributed by atoms with Gasteiger partial charge in [-0.25, -0.2) is 0 Å². The van der Waals surface area contributed by atoms with E-state index in [-0.39, 0.29) is 0 Å². The molecule has 5 aromatic carbocycles. The molecule has 2 heterocycles. The fourth-order valence-electron chi connectivity index (χ4n) is 4.90. The lowest BCUT2D eigenvalue weighted by molar-refractivity contribution is 1.18. The van der Waals surface area contributed by atoms with Gasteiger partial charge >= 0.3 is 0 Å². The van der Waals surface area contributed by atoms with Crippen LogP contribution in [0.5, 0.6) is 0 Å². The van der Waals surface area contributed by atoms with Gasteiger partial charge in [0.15, 0.2) is 0 Å². The van der Waals surface area contributed by atoms with Gasteiger partial charge in [-0.1, -0.05) is 66.7 Å². The molecule has 0 saturated carbocycles. The summed E-state index contributed by atoms with van der Waals surface area (Å²) in [6.07, 6.45) is 0. The second-order valence-electron chi connectivity index (χ2n) is 8.32. The largest absolute Gasteiger partial charge is 0.354 e. The molecule has 0 saturated heterocycles. The van der Waals surface area contributed by atoms with Crippen molar-refractivity contribution in [1.82, 2.24) is 4.57 Å². The van der Waals surface area contributed by atoms with E-state index in [0.717, 1.165) is 17.1 Å². The van der Waals surface area contributed by atoms with Gasteiger partial charge in [0, 0.05) is 37.6 Å². The van der Waals surface area contributed by atoms with Gasteiger partial charge in [-0.05, 0) is 48.5 Å². The summed E-state index contributed by atoms with van der Waals surface area (Å²) in [5, 5.41) is 8.85. The van der Waals surface area contributed by atoms with Crippen LogP contribution >= 0.6 is 11.3 Å². The Balaban J connectivity index is 1.31. The van der Waals surface area contributed by atoms with Crippen molar-refractivity contribution in [2.24, 2.45) is 0 Å². The van der Waals surface area contributed by atoms with Crippen LogP contribution in [0.15, 0.2) is 115 Å². The van der Waals surface area contributed by atoms with Crippen LogP contribution in [0.25, 0.3) is 47.7 Å². The zero-order valence-corrected chi connectivity index (χ0v) is 18.6. The molecule has 1 N–H and O–H groups in total. The van der Waals surface area contributed by atoms with Crippen molar-refractivity contribution in [3.8, 4) is 5.69 Å². The van der Waals surface area contributed by atoms with E-state index in [1.54, 1.807) is 0 Å². The van der Waals surface area contributed by atoms with Crippen LogP contribution in [0.2, 0.25) is 0 Å². The molecule has 156 valence electrons. The zero-order chi connectivity index (χ0) is 21.8. The summed E-state index contributed by atoms with van der Waals surface area (Å²) < 4.78 is 4.97. The number of nitrogens with one attached hydrogen (secondary N) is 1. The Morgan fingerprint density at radius 3 is 1.85 bits per heavy atom. The van der Waals surface area contributed by atoms with Gasteiger partial charge in [-0.3, -0.25) is 0 Å². The SMILES string of the molecule is c1ccc2c(c1)sc1c(Nc3ccc(-n4c5ccccc5c5ccccc54)cc3)cccc12. The highest BCUT2D eigenvalue weighted by atomic mass is 32.1. The number of benzene rings is 5. The number of fused-ring (bicyclic) bond motifs is 6. The summed E-state index contributed by atoms with van der Waals surface area (Å²) in [5.41, 5.74) is 5.87. The summed E-state index contributed by atoms with van der Waals surface area (Å²) in [6, 6.07) is 41.1. The number of aromatic nitrogens is 1. The van der Waals surface area contributed by atoms with Crippen molar-refractivity contribution in [3.05, 3.63) is 115 Å². The van der Waals surface area contributed by atoms with Crippen LogP contribution in [-0.4, -0.2) is 4.57 Å². The lowest BCUT2D eigenvalue weighted by Gasteiger charge is -2.11. The van der Waals surface area contributed by atoms with E-state index in [0.29, 0.717) is 0 Å². The Hall–Kier alpha value is -4.08. The van der Waals surface area contributed by atoms with Crippen molar-refractivity contribution >= 4 is 64.7 Å². The third-order valence-corrected chi connectivity index (χ3v) is 7.61. The summed E-state index contributed by atoms with van der Waals surface area (Å²) in [4.78, 5) is 0. The number of hydrogen-bond donors (Lipinski definition) is 1. The average molecular weight is 441 g/mol. The number of thiophene rings is 1. The van der Waals surface area contributed by atoms with Crippen molar-refractivity contribution in [2.45, 2.75) is 0 Å². The van der Waals surface area contributed by atoms with Crippen LogP contribution in [0.4, 0.5) is 11.4 Å². The lowest BCUT2D eigenvalue weighted by atomic mass is 10.1. The first-order chi connectivity index (χ1) is 16.4. The molecule has 0 unspecified atom stereocenters. The van der Waals surface area contributed by atoms with Gasteiger partial charge in [-0.15, -0.1) is 11.3 Å². The highest BCUT2D eigenvalue weighted by molar-refractivity contribution is 7.26. The van der Waals surface area contributed by atoms with E-state index >= 15 is 0 Å². The molecule has 33 heavy (non-hydrogen) atoms. The minimum Gasteiger partial charge on any atom is -0.354 e. The number of para-hydroxylation sites is 2. The van der Waals surface area contributed by atoms with Gasteiger partial charge < -0.3 is 9.88 Å². The van der Waals surface area contributed by atoms with E-state index in [1.165, 1.54) is 42.0 Å². The molecule has 0 bridgehead atoms. The second kappa shape index (κ2) is 7.22. The number of hydrogen-bond acceptors (Lipinski definition) is 2. The monoisotopic (exact) mass is 440 g/mol. The third-order valence-electron chi connectivity index (χ3n) is 6.39. The smallest absolute Gasteiger partial charge is 0.0590 e. The number of rotatable bonds is 3. The molecule has 0 atom stereocenters. The quantitative estimate of drug-likeness (QED) is 0.290. The van der Waals surface area contributed by atoms with Gasteiger partial charge in [0.1, 0.15) is 0 Å². The Morgan fingerprint density at radius 2 is 1.12 bits per heavy atom. The van der Waals surface area contributed by atoms with Crippen LogP contribution in [0, 0.1) is 0 Å². The minimum absolute atomic E-state index is 1.09. The Labute approximate surface area is 195 Å². The fraction of sp³-hybridized carbons (Fsp3) is 0. The van der Waals surface area contributed by atoms with E-state index in [2.05, 4.69) is 125 Å². The van der Waals surface area contributed by atoms with E-state index < -0.39 is 0 Å². The molecule has 7 rings (SSSR count). The first kappa shape index (κ1) is 18.5. The zero-order valence-electron chi connectivity index (χ0n) is 17.8. The highest BCUT2D eigenvalue weighted by Crippen LogP contribution is 2.39. The summed E-state index contributed by atoms with van der Waals surface area (Å²) >= 11 is 1.84. The van der Waals surface area contributed by atoms with Crippen LogP contribution < -0.4 is 5.32 Å². The molecular formula is C30H20N2S. The Bertz CT molecular complexity index is 1730. The molecule has 0 amide bonds. The fourth-order valence-corrected chi connectivity index (χ4v) is 6.07. The predicted molar refractivity (Wildman–Crippen MR) is 143 cm³/mol. The normalized spacial score (nSPS) is 11.6. The lowest BCUT2D eigenvalue weighted by Crippen LogP contribution is -1.95. The first-order valence-corrected chi connectivity index (χ1v) is 11.9. The Kier molecular flexibility index (Phi) is 4.05. The molecule has 0 spiro atoms. The molecule has 2 aromatic heterocycles. The predicted octanol–water partition coefficient (Wildman–Crippen LogP) is 8.90. The topological polar surface area (TPSA) is 17.0 Å². The maximum Gasteiger partial charge on any atom is 0.0590 e. The maximum atomic E-state index is 3.66. The highest BCUT2D eigenvalue weighted by Gasteiger charge is 2.12. The van der Waals surface area contributed by atoms with E-state index in [1.807, 2.05) is 11.3 Å². The number of anilines is 2. The molecule has 7 aromatic rings. The van der Waals surface area contributed by atoms with E-state index in [9.17, 15) is 0 Å². The van der Waals surface area contributed by atoms with Crippen molar-refractivity contribution in [1.29, 1.82) is 0 Å². The maximum absolute atomic E-state index is 3.66.